The van der Waals surface area contributed by atoms with E-state index < -0.39 is 0 Å². The summed E-state index contributed by atoms with van der Waals surface area (Å²) >= 11 is 1.12. The number of nitrogens with zero attached hydrogens (tertiary/aromatic N) is 4. The molecule has 2 aromatic carbocycles. The van der Waals surface area contributed by atoms with Gasteiger partial charge in [-0.1, -0.05) is 47.7 Å². The van der Waals surface area contributed by atoms with Crippen LogP contribution in [0.15, 0.2) is 69.0 Å². The molecule has 0 aliphatic carbocycles. The predicted molar refractivity (Wildman–Crippen MR) is 120 cm³/mol. The first-order chi connectivity index (χ1) is 14.9. The van der Waals surface area contributed by atoms with Crippen molar-refractivity contribution in [2.45, 2.75) is 19.1 Å². The Morgan fingerprint density at radius 2 is 1.77 bits per heavy atom. The normalized spacial score (nSPS) is 10.9. The van der Waals surface area contributed by atoms with Crippen LogP contribution in [-0.2, 0) is 11.8 Å². The minimum Gasteiger partial charge on any atom is -0.411 e. The maximum Gasteiger partial charge on any atom is 0.295 e. The molecule has 0 bridgehead atoms. The van der Waals surface area contributed by atoms with Gasteiger partial charge < -0.3 is 9.73 Å². The van der Waals surface area contributed by atoms with Crippen molar-refractivity contribution in [3.8, 4) is 17.1 Å². The average Bonchev–Trinajstić information content (AvgIpc) is 3.33. The van der Waals surface area contributed by atoms with E-state index in [2.05, 4.69) is 15.5 Å². The summed E-state index contributed by atoms with van der Waals surface area (Å²) in [5.41, 5.74) is 3.30. The maximum absolute atomic E-state index is 12.9. The zero-order valence-electron chi connectivity index (χ0n) is 17.3. The average molecular weight is 436 g/mol. The zero-order valence-corrected chi connectivity index (χ0v) is 18.1. The lowest BCUT2D eigenvalue weighted by Crippen LogP contribution is -2.23. The number of aromatic nitrogens is 4. The highest BCUT2D eigenvalue weighted by molar-refractivity contribution is 7.99. The van der Waals surface area contributed by atoms with Gasteiger partial charge in [0.1, 0.15) is 5.69 Å². The Kier molecular flexibility index (Phi) is 5.77. The van der Waals surface area contributed by atoms with Gasteiger partial charge in [0.25, 0.3) is 10.8 Å². The number of hydrogen-bond acceptors (Lipinski definition) is 6. The van der Waals surface area contributed by atoms with Gasteiger partial charge in [0.2, 0.25) is 11.8 Å². The second-order valence-electron chi connectivity index (χ2n) is 7.01. The van der Waals surface area contributed by atoms with Crippen LogP contribution in [0.1, 0.15) is 11.3 Å². The molecule has 4 aromatic rings. The fourth-order valence-corrected chi connectivity index (χ4v) is 3.66. The molecule has 31 heavy (non-hydrogen) atoms. The first kappa shape index (κ1) is 20.7. The highest BCUT2D eigenvalue weighted by Crippen LogP contribution is 2.23. The summed E-state index contributed by atoms with van der Waals surface area (Å²) in [6, 6.07) is 17.0. The van der Waals surface area contributed by atoms with Gasteiger partial charge in [-0.25, -0.2) is 4.68 Å². The van der Waals surface area contributed by atoms with Crippen molar-refractivity contribution < 1.29 is 9.21 Å². The summed E-state index contributed by atoms with van der Waals surface area (Å²) < 4.78 is 8.86. The molecule has 0 fully saturated rings. The van der Waals surface area contributed by atoms with Crippen LogP contribution in [-0.4, -0.2) is 31.2 Å². The molecule has 0 saturated heterocycles. The minimum absolute atomic E-state index is 0.0364. The number of hydrogen-bond donors (Lipinski definition) is 1. The first-order valence-electron chi connectivity index (χ1n) is 9.61. The molecule has 2 aromatic heterocycles. The van der Waals surface area contributed by atoms with Crippen LogP contribution in [0.2, 0.25) is 0 Å². The number of anilines is 1. The molecular formula is C22H21N5O3S. The Bertz CT molecular complexity index is 1270. The van der Waals surface area contributed by atoms with E-state index in [-0.39, 0.29) is 28.1 Å². The van der Waals surface area contributed by atoms with Crippen molar-refractivity contribution in [3.05, 3.63) is 76.2 Å². The number of aryl methyl sites for hydroxylation is 1. The summed E-state index contributed by atoms with van der Waals surface area (Å²) in [6.45, 7) is 3.79. The first-order valence-corrected chi connectivity index (χ1v) is 10.6. The number of carbonyl (C=O) groups excluding carboxylic acids is 1. The molecule has 0 atom stereocenters. The Morgan fingerprint density at radius 3 is 2.48 bits per heavy atom. The molecule has 1 amide bonds. The number of amides is 1. The van der Waals surface area contributed by atoms with Crippen molar-refractivity contribution in [1.29, 1.82) is 0 Å². The zero-order chi connectivity index (χ0) is 22.0. The lowest BCUT2D eigenvalue weighted by atomic mass is 10.1. The van der Waals surface area contributed by atoms with Gasteiger partial charge in [-0.2, -0.15) is 0 Å². The summed E-state index contributed by atoms with van der Waals surface area (Å²) in [5.74, 6) is 0.105. The van der Waals surface area contributed by atoms with Gasteiger partial charge in [-0.15, -0.1) is 10.2 Å². The third kappa shape index (κ3) is 4.31. The monoisotopic (exact) mass is 435 g/mol. The standard InChI is InChI=1S/C22H21N5O3S/c1-14-9-11-16(12-10-14)20-24-25-22(30-20)31-13-18(28)23-19-15(2)26(3)27(21(19)29)17-7-5-4-6-8-17/h4-12H,13H2,1-3H3,(H,23,28). The van der Waals surface area contributed by atoms with Gasteiger partial charge in [-0.05, 0) is 38.1 Å². The molecule has 0 aliphatic heterocycles. The van der Waals surface area contributed by atoms with E-state index in [0.29, 0.717) is 11.6 Å². The quantitative estimate of drug-likeness (QED) is 0.465. The van der Waals surface area contributed by atoms with Gasteiger partial charge in [-0.3, -0.25) is 14.3 Å². The van der Waals surface area contributed by atoms with E-state index in [1.165, 1.54) is 4.68 Å². The molecule has 158 valence electrons. The maximum atomic E-state index is 12.9. The number of carbonyl (C=O) groups is 1. The van der Waals surface area contributed by atoms with E-state index in [1.807, 2.05) is 61.5 Å². The summed E-state index contributed by atoms with van der Waals surface area (Å²) in [7, 11) is 1.78. The van der Waals surface area contributed by atoms with Gasteiger partial charge >= 0.3 is 0 Å². The molecule has 0 radical (unpaired) electrons. The van der Waals surface area contributed by atoms with E-state index in [4.69, 9.17) is 4.42 Å². The summed E-state index contributed by atoms with van der Waals surface area (Å²) in [6.07, 6.45) is 0. The van der Waals surface area contributed by atoms with Crippen LogP contribution in [0.25, 0.3) is 17.1 Å². The van der Waals surface area contributed by atoms with E-state index >= 15 is 0 Å². The molecule has 1 N–H and O–H groups in total. The van der Waals surface area contributed by atoms with Crippen LogP contribution in [0, 0.1) is 13.8 Å². The van der Waals surface area contributed by atoms with E-state index in [0.717, 1.165) is 28.6 Å². The fraction of sp³-hybridized carbons (Fsp3) is 0.182. The highest BCUT2D eigenvalue weighted by Gasteiger charge is 2.19. The van der Waals surface area contributed by atoms with Crippen LogP contribution < -0.4 is 10.9 Å². The van der Waals surface area contributed by atoms with Crippen LogP contribution >= 0.6 is 11.8 Å². The lowest BCUT2D eigenvalue weighted by Gasteiger charge is -2.07. The molecule has 8 nitrogen and oxygen atoms in total. The van der Waals surface area contributed by atoms with Crippen LogP contribution in [0.5, 0.6) is 0 Å². The SMILES string of the molecule is Cc1ccc(-c2nnc(SCC(=O)Nc3c(C)n(C)n(-c4ccccc4)c3=O)o2)cc1. The third-order valence-electron chi connectivity index (χ3n) is 4.85. The topological polar surface area (TPSA) is 95.0 Å². The number of rotatable bonds is 6. The van der Waals surface area contributed by atoms with Crippen molar-refractivity contribution in [2.75, 3.05) is 11.1 Å². The molecular weight excluding hydrogens is 414 g/mol. The third-order valence-corrected chi connectivity index (χ3v) is 5.67. The Hall–Kier alpha value is -3.59. The molecule has 2 heterocycles. The number of para-hydroxylation sites is 1. The minimum atomic E-state index is -0.328. The molecule has 4 rings (SSSR count). The molecule has 0 spiro atoms. The van der Waals surface area contributed by atoms with Gasteiger partial charge in [0, 0.05) is 12.6 Å². The molecule has 0 saturated carbocycles. The van der Waals surface area contributed by atoms with Crippen molar-refractivity contribution in [2.24, 2.45) is 7.05 Å². The van der Waals surface area contributed by atoms with Crippen LogP contribution in [0.3, 0.4) is 0 Å². The highest BCUT2D eigenvalue weighted by atomic mass is 32.2. The molecule has 0 aliphatic rings. The van der Waals surface area contributed by atoms with Gasteiger partial charge in [0.15, 0.2) is 0 Å². The van der Waals surface area contributed by atoms with Crippen molar-refractivity contribution in [1.82, 2.24) is 19.6 Å². The second kappa shape index (κ2) is 8.65. The number of thioether (sulfide) groups is 1. The molecule has 9 heteroatoms. The largest absolute Gasteiger partial charge is 0.411 e. The van der Waals surface area contributed by atoms with E-state index in [1.54, 1.807) is 18.7 Å². The Labute approximate surface area is 182 Å². The fourth-order valence-electron chi connectivity index (χ4n) is 3.10. The van der Waals surface area contributed by atoms with Gasteiger partial charge in [0.05, 0.1) is 17.1 Å². The second-order valence-corrected chi connectivity index (χ2v) is 7.94. The summed E-state index contributed by atoms with van der Waals surface area (Å²) in [4.78, 5) is 25.4. The van der Waals surface area contributed by atoms with Crippen molar-refractivity contribution >= 4 is 23.4 Å². The van der Waals surface area contributed by atoms with Crippen molar-refractivity contribution in [3.63, 3.8) is 0 Å². The number of nitrogens with one attached hydrogen (secondary N) is 1. The Balaban J connectivity index is 1.44. The Morgan fingerprint density at radius 1 is 1.06 bits per heavy atom. The molecule has 0 unspecified atom stereocenters. The number of benzene rings is 2. The van der Waals surface area contributed by atoms with E-state index in [9.17, 15) is 9.59 Å². The summed E-state index contributed by atoms with van der Waals surface area (Å²) in [5, 5.41) is 11.0. The lowest BCUT2D eigenvalue weighted by molar-refractivity contribution is -0.113. The smallest absolute Gasteiger partial charge is 0.295 e. The van der Waals surface area contributed by atoms with Crippen LogP contribution in [0.4, 0.5) is 5.69 Å². The predicted octanol–water partition coefficient (Wildman–Crippen LogP) is 3.57.